The van der Waals surface area contributed by atoms with Gasteiger partial charge in [-0.2, -0.15) is 0 Å². The van der Waals surface area contributed by atoms with Gasteiger partial charge in [0.1, 0.15) is 6.10 Å². The van der Waals surface area contributed by atoms with Crippen LogP contribution in [0.5, 0.6) is 0 Å². The highest BCUT2D eigenvalue weighted by Crippen LogP contribution is 2.33. The van der Waals surface area contributed by atoms with Crippen molar-refractivity contribution in [1.29, 1.82) is 0 Å². The molecule has 1 heterocycles. The molecule has 0 amide bonds. The molecule has 1 saturated heterocycles. The van der Waals surface area contributed by atoms with Crippen molar-refractivity contribution in [3.05, 3.63) is 35.9 Å². The van der Waals surface area contributed by atoms with E-state index < -0.39 is 0 Å². The molecule has 1 aromatic carbocycles. The smallest absolute Gasteiger partial charge is 0.103 e. The van der Waals surface area contributed by atoms with Crippen LogP contribution >= 0.6 is 0 Å². The van der Waals surface area contributed by atoms with Gasteiger partial charge in [-0.3, -0.25) is 0 Å². The Kier molecular flexibility index (Phi) is 4.38. The number of hydrogen-bond acceptors (Lipinski definition) is 3. The standard InChI is InChI=1S/C15H22O3/c1-15(2,16-3)13-9-10-17-18-14(13)11-12-7-5-4-6-8-12/h4-8,13-14H,9-11H2,1-3H3. The summed E-state index contributed by atoms with van der Waals surface area (Å²) in [6, 6.07) is 10.4. The molecule has 18 heavy (non-hydrogen) atoms. The van der Waals surface area contributed by atoms with Gasteiger partial charge in [-0.05, 0) is 25.8 Å². The molecule has 1 aliphatic rings. The molecule has 2 rings (SSSR count). The highest BCUT2D eigenvalue weighted by molar-refractivity contribution is 5.16. The minimum absolute atomic E-state index is 0.0519. The summed E-state index contributed by atoms with van der Waals surface area (Å²) < 4.78 is 5.61. The lowest BCUT2D eigenvalue weighted by atomic mass is 9.81. The van der Waals surface area contributed by atoms with Crippen LogP contribution in [0.2, 0.25) is 0 Å². The van der Waals surface area contributed by atoms with E-state index in [0.29, 0.717) is 12.5 Å². The average Bonchev–Trinajstić information content (AvgIpc) is 2.40. The Morgan fingerprint density at radius 3 is 2.67 bits per heavy atom. The van der Waals surface area contributed by atoms with E-state index in [9.17, 15) is 0 Å². The normalized spacial score (nSPS) is 25.1. The van der Waals surface area contributed by atoms with Gasteiger partial charge in [0, 0.05) is 19.4 Å². The number of rotatable bonds is 4. The second kappa shape index (κ2) is 5.83. The van der Waals surface area contributed by atoms with Crippen molar-refractivity contribution in [3.8, 4) is 0 Å². The number of benzene rings is 1. The maximum absolute atomic E-state index is 5.61. The molecule has 100 valence electrons. The van der Waals surface area contributed by atoms with Crippen molar-refractivity contribution in [1.82, 2.24) is 0 Å². The van der Waals surface area contributed by atoms with E-state index in [1.807, 2.05) is 6.07 Å². The summed E-state index contributed by atoms with van der Waals surface area (Å²) in [5.41, 5.74) is 1.08. The SMILES string of the molecule is COC(C)(C)C1CCOOC1Cc1ccccc1. The highest BCUT2D eigenvalue weighted by atomic mass is 17.2. The van der Waals surface area contributed by atoms with Crippen LogP contribution in [0.25, 0.3) is 0 Å². The monoisotopic (exact) mass is 250 g/mol. The predicted octanol–water partition coefficient (Wildman–Crippen LogP) is 2.99. The average molecular weight is 250 g/mol. The fraction of sp³-hybridized carbons (Fsp3) is 0.600. The van der Waals surface area contributed by atoms with Crippen LogP contribution in [-0.2, 0) is 20.9 Å². The van der Waals surface area contributed by atoms with Gasteiger partial charge >= 0.3 is 0 Å². The molecule has 0 spiro atoms. The van der Waals surface area contributed by atoms with Gasteiger partial charge in [0.15, 0.2) is 0 Å². The summed E-state index contributed by atoms with van der Waals surface area (Å²) >= 11 is 0. The second-order valence-corrected chi connectivity index (χ2v) is 5.35. The summed E-state index contributed by atoms with van der Waals surface area (Å²) in [7, 11) is 1.76. The van der Waals surface area contributed by atoms with Gasteiger partial charge in [-0.1, -0.05) is 30.3 Å². The van der Waals surface area contributed by atoms with Gasteiger partial charge in [-0.15, -0.1) is 0 Å². The van der Waals surface area contributed by atoms with Crippen LogP contribution in [-0.4, -0.2) is 25.4 Å². The van der Waals surface area contributed by atoms with Crippen LogP contribution in [0.1, 0.15) is 25.8 Å². The largest absolute Gasteiger partial charge is 0.378 e. The van der Waals surface area contributed by atoms with Crippen LogP contribution in [0.15, 0.2) is 30.3 Å². The summed E-state index contributed by atoms with van der Waals surface area (Å²) in [4.78, 5) is 10.7. The molecule has 0 N–H and O–H groups in total. The van der Waals surface area contributed by atoms with E-state index in [4.69, 9.17) is 14.5 Å². The fourth-order valence-electron chi connectivity index (χ4n) is 2.53. The van der Waals surface area contributed by atoms with Gasteiger partial charge in [0.05, 0.1) is 12.2 Å². The Balaban J connectivity index is 2.09. The summed E-state index contributed by atoms with van der Waals surface area (Å²) in [5.74, 6) is 0.344. The number of hydrogen-bond donors (Lipinski definition) is 0. The van der Waals surface area contributed by atoms with Crippen molar-refractivity contribution >= 4 is 0 Å². The summed E-state index contributed by atoms with van der Waals surface area (Å²) in [6.45, 7) is 4.87. The molecule has 0 aromatic heterocycles. The maximum atomic E-state index is 5.61. The lowest BCUT2D eigenvalue weighted by molar-refractivity contribution is -0.368. The first kappa shape index (κ1) is 13.5. The summed E-state index contributed by atoms with van der Waals surface area (Å²) in [5, 5.41) is 0. The van der Waals surface area contributed by atoms with Crippen molar-refractivity contribution in [2.75, 3.05) is 13.7 Å². The Morgan fingerprint density at radius 2 is 2.00 bits per heavy atom. The quantitative estimate of drug-likeness (QED) is 0.769. The molecule has 2 unspecified atom stereocenters. The molecule has 0 aliphatic carbocycles. The Hall–Kier alpha value is -0.900. The lowest BCUT2D eigenvalue weighted by Gasteiger charge is -2.40. The van der Waals surface area contributed by atoms with E-state index in [2.05, 4.69) is 38.1 Å². The van der Waals surface area contributed by atoms with Crippen molar-refractivity contribution < 1.29 is 14.5 Å². The van der Waals surface area contributed by atoms with E-state index >= 15 is 0 Å². The first-order chi connectivity index (χ1) is 8.63. The molecule has 0 radical (unpaired) electrons. The molecule has 3 nitrogen and oxygen atoms in total. The minimum atomic E-state index is -0.191. The van der Waals surface area contributed by atoms with Crippen LogP contribution < -0.4 is 0 Å². The first-order valence-corrected chi connectivity index (χ1v) is 6.51. The van der Waals surface area contributed by atoms with E-state index in [1.165, 1.54) is 5.56 Å². The van der Waals surface area contributed by atoms with Crippen LogP contribution in [0, 0.1) is 5.92 Å². The first-order valence-electron chi connectivity index (χ1n) is 6.51. The molecule has 1 aromatic rings. The lowest BCUT2D eigenvalue weighted by Crippen LogP contribution is -2.46. The highest BCUT2D eigenvalue weighted by Gasteiger charge is 2.39. The third-order valence-electron chi connectivity index (χ3n) is 3.85. The third kappa shape index (κ3) is 3.10. The number of methoxy groups -OCH3 is 1. The fourth-order valence-corrected chi connectivity index (χ4v) is 2.53. The van der Waals surface area contributed by atoms with E-state index in [-0.39, 0.29) is 11.7 Å². The van der Waals surface area contributed by atoms with Gasteiger partial charge in [0.2, 0.25) is 0 Å². The van der Waals surface area contributed by atoms with Crippen molar-refractivity contribution in [2.24, 2.45) is 5.92 Å². The van der Waals surface area contributed by atoms with E-state index in [0.717, 1.165) is 12.8 Å². The van der Waals surface area contributed by atoms with Crippen LogP contribution in [0.3, 0.4) is 0 Å². The number of ether oxygens (including phenoxy) is 1. The Bertz CT molecular complexity index is 361. The van der Waals surface area contributed by atoms with Gasteiger partial charge in [-0.25, -0.2) is 9.78 Å². The zero-order valence-electron chi connectivity index (χ0n) is 11.4. The Labute approximate surface area is 109 Å². The topological polar surface area (TPSA) is 27.7 Å². The molecular weight excluding hydrogens is 228 g/mol. The van der Waals surface area contributed by atoms with Crippen molar-refractivity contribution in [2.45, 2.75) is 38.4 Å². The molecular formula is C15H22O3. The predicted molar refractivity (Wildman–Crippen MR) is 70.2 cm³/mol. The van der Waals surface area contributed by atoms with E-state index in [1.54, 1.807) is 7.11 Å². The van der Waals surface area contributed by atoms with Gasteiger partial charge < -0.3 is 4.74 Å². The molecule has 2 atom stereocenters. The Morgan fingerprint density at radius 1 is 1.28 bits per heavy atom. The third-order valence-corrected chi connectivity index (χ3v) is 3.85. The zero-order chi connectivity index (χ0) is 13.0. The molecule has 3 heteroatoms. The molecule has 1 fully saturated rings. The zero-order valence-corrected chi connectivity index (χ0v) is 11.4. The van der Waals surface area contributed by atoms with Gasteiger partial charge in [0.25, 0.3) is 0 Å². The van der Waals surface area contributed by atoms with Crippen LogP contribution in [0.4, 0.5) is 0 Å². The molecule has 0 bridgehead atoms. The molecule has 0 saturated carbocycles. The minimum Gasteiger partial charge on any atom is -0.378 e. The molecule has 1 aliphatic heterocycles. The maximum Gasteiger partial charge on any atom is 0.103 e. The second-order valence-electron chi connectivity index (χ2n) is 5.35. The summed E-state index contributed by atoms with van der Waals surface area (Å²) in [6.07, 6.45) is 1.88. The van der Waals surface area contributed by atoms with Crippen molar-refractivity contribution in [3.63, 3.8) is 0 Å².